The zero-order chi connectivity index (χ0) is 17.5. The van der Waals surface area contributed by atoms with E-state index in [4.69, 9.17) is 9.47 Å². The van der Waals surface area contributed by atoms with Crippen molar-refractivity contribution < 1.29 is 23.5 Å². The van der Waals surface area contributed by atoms with Gasteiger partial charge in [0, 0.05) is 25.4 Å². The number of carbonyl (C=O) groups is 2. The largest absolute Gasteiger partial charge is 0.488 e. The molecule has 8 heteroatoms. The van der Waals surface area contributed by atoms with Gasteiger partial charge in [0.05, 0.1) is 6.61 Å². The molecule has 1 aliphatic heterocycles. The average molecular weight is 339 g/mol. The summed E-state index contributed by atoms with van der Waals surface area (Å²) in [4.78, 5) is 23.8. The lowest BCUT2D eigenvalue weighted by Gasteiger charge is -2.28. The number of hydrogen-bond acceptors (Lipinski definition) is 4. The predicted molar refractivity (Wildman–Crippen MR) is 86.5 cm³/mol. The first-order valence-corrected chi connectivity index (χ1v) is 7.77. The average Bonchev–Trinajstić information content (AvgIpc) is 2.53. The molecule has 2 atom stereocenters. The summed E-state index contributed by atoms with van der Waals surface area (Å²) in [6, 6.07) is 2.95. The van der Waals surface area contributed by atoms with Gasteiger partial charge in [0.15, 0.2) is 11.6 Å². The van der Waals surface area contributed by atoms with Crippen LogP contribution in [0.3, 0.4) is 0 Å². The van der Waals surface area contributed by atoms with Gasteiger partial charge in [0.1, 0.15) is 12.6 Å². The maximum atomic E-state index is 13.9. The first kappa shape index (κ1) is 18.0. The fourth-order valence-corrected chi connectivity index (χ4v) is 2.40. The SMILES string of the molecule is COCCOc1ccc(NC(=O)N[C@@H]2C(=O)NCC[C@@H]2C)cc1F. The quantitative estimate of drug-likeness (QED) is 0.685. The van der Waals surface area contributed by atoms with Gasteiger partial charge in [-0.05, 0) is 24.5 Å². The van der Waals surface area contributed by atoms with Crippen molar-refractivity contribution in [1.82, 2.24) is 10.6 Å². The summed E-state index contributed by atoms with van der Waals surface area (Å²) >= 11 is 0. The van der Waals surface area contributed by atoms with Crippen LogP contribution in [0.15, 0.2) is 18.2 Å². The fraction of sp³-hybridized carbons (Fsp3) is 0.500. The molecule has 1 aliphatic rings. The molecule has 2 rings (SSSR count). The van der Waals surface area contributed by atoms with Gasteiger partial charge in [-0.15, -0.1) is 0 Å². The molecule has 7 nitrogen and oxygen atoms in total. The van der Waals surface area contributed by atoms with E-state index in [0.29, 0.717) is 13.2 Å². The van der Waals surface area contributed by atoms with Gasteiger partial charge in [-0.25, -0.2) is 9.18 Å². The van der Waals surface area contributed by atoms with E-state index in [2.05, 4.69) is 16.0 Å². The van der Waals surface area contributed by atoms with Gasteiger partial charge < -0.3 is 25.4 Å². The summed E-state index contributed by atoms with van der Waals surface area (Å²) in [7, 11) is 1.53. The van der Waals surface area contributed by atoms with E-state index in [-0.39, 0.29) is 29.9 Å². The second-order valence-corrected chi connectivity index (χ2v) is 5.62. The van der Waals surface area contributed by atoms with Crippen molar-refractivity contribution in [2.45, 2.75) is 19.4 Å². The van der Waals surface area contributed by atoms with Crippen LogP contribution in [0, 0.1) is 11.7 Å². The maximum Gasteiger partial charge on any atom is 0.319 e. The topological polar surface area (TPSA) is 88.7 Å². The highest BCUT2D eigenvalue weighted by Crippen LogP contribution is 2.21. The predicted octanol–water partition coefficient (Wildman–Crippen LogP) is 1.50. The molecule has 0 unspecified atom stereocenters. The highest BCUT2D eigenvalue weighted by atomic mass is 19.1. The van der Waals surface area contributed by atoms with Gasteiger partial charge in [-0.2, -0.15) is 0 Å². The summed E-state index contributed by atoms with van der Waals surface area (Å²) in [5.74, 6) is -0.680. The molecule has 1 aromatic carbocycles. The normalized spacial score (nSPS) is 20.2. The third-order valence-corrected chi connectivity index (χ3v) is 3.77. The van der Waals surface area contributed by atoms with Crippen molar-refractivity contribution in [2.75, 3.05) is 32.2 Å². The molecule has 0 bridgehead atoms. The summed E-state index contributed by atoms with van der Waals surface area (Å²) in [6.45, 7) is 3.09. The van der Waals surface area contributed by atoms with E-state index in [0.717, 1.165) is 12.5 Å². The van der Waals surface area contributed by atoms with Gasteiger partial charge >= 0.3 is 6.03 Å². The zero-order valence-electron chi connectivity index (χ0n) is 13.7. The standard InChI is InChI=1S/C16H22FN3O4/c1-10-5-6-18-15(21)14(10)20-16(22)19-11-3-4-13(12(17)9-11)24-8-7-23-2/h3-4,9-10,14H,5-8H2,1-2H3,(H,18,21)(H2,19,20,22)/t10-,14-/m0/s1. The Morgan fingerprint density at radius 2 is 2.21 bits per heavy atom. The van der Waals surface area contributed by atoms with Crippen molar-refractivity contribution in [3.05, 3.63) is 24.0 Å². The number of hydrogen-bond donors (Lipinski definition) is 3. The fourth-order valence-electron chi connectivity index (χ4n) is 2.40. The molecule has 132 valence electrons. The van der Waals surface area contributed by atoms with Crippen molar-refractivity contribution in [2.24, 2.45) is 5.92 Å². The van der Waals surface area contributed by atoms with Crippen molar-refractivity contribution in [3.8, 4) is 5.75 Å². The molecule has 24 heavy (non-hydrogen) atoms. The van der Waals surface area contributed by atoms with Crippen LogP contribution in [-0.4, -0.2) is 44.8 Å². The van der Waals surface area contributed by atoms with Crippen molar-refractivity contribution in [3.63, 3.8) is 0 Å². The molecular formula is C16H22FN3O4. The van der Waals surface area contributed by atoms with E-state index in [1.165, 1.54) is 19.2 Å². The van der Waals surface area contributed by atoms with Crippen LogP contribution in [0.5, 0.6) is 5.75 Å². The summed E-state index contributed by atoms with van der Waals surface area (Å²) in [5, 5.41) is 7.83. The van der Waals surface area contributed by atoms with E-state index in [1.807, 2.05) is 6.92 Å². The minimum Gasteiger partial charge on any atom is -0.488 e. The number of benzene rings is 1. The van der Waals surface area contributed by atoms with Crippen LogP contribution in [0.25, 0.3) is 0 Å². The highest BCUT2D eigenvalue weighted by Gasteiger charge is 2.30. The molecule has 0 aromatic heterocycles. The molecule has 0 aliphatic carbocycles. The molecule has 0 spiro atoms. The smallest absolute Gasteiger partial charge is 0.319 e. The monoisotopic (exact) mass is 339 g/mol. The lowest BCUT2D eigenvalue weighted by Crippen LogP contribution is -2.55. The number of ether oxygens (including phenoxy) is 2. The number of halogens is 1. The molecule has 1 aromatic rings. The minimum absolute atomic E-state index is 0.0396. The Kier molecular flexibility index (Phi) is 6.36. The molecule has 1 heterocycles. The Hall–Kier alpha value is -2.35. The number of amides is 3. The highest BCUT2D eigenvalue weighted by molar-refractivity contribution is 5.94. The van der Waals surface area contributed by atoms with Crippen LogP contribution < -0.4 is 20.7 Å². The third-order valence-electron chi connectivity index (χ3n) is 3.77. The Morgan fingerprint density at radius 1 is 1.42 bits per heavy atom. The van der Waals surface area contributed by atoms with Crippen LogP contribution in [0.2, 0.25) is 0 Å². The number of nitrogens with one attached hydrogen (secondary N) is 3. The summed E-state index contributed by atoms with van der Waals surface area (Å²) in [5.41, 5.74) is 0.271. The number of anilines is 1. The molecule has 0 radical (unpaired) electrons. The molecule has 0 saturated carbocycles. The first-order chi connectivity index (χ1) is 11.5. The zero-order valence-corrected chi connectivity index (χ0v) is 13.7. The number of carbonyl (C=O) groups excluding carboxylic acids is 2. The Balaban J connectivity index is 1.91. The van der Waals surface area contributed by atoms with E-state index < -0.39 is 17.9 Å². The van der Waals surface area contributed by atoms with Crippen LogP contribution in [0.1, 0.15) is 13.3 Å². The Labute approximate surface area is 139 Å². The van der Waals surface area contributed by atoms with Gasteiger partial charge in [-0.1, -0.05) is 6.92 Å². The van der Waals surface area contributed by atoms with Gasteiger partial charge in [0.2, 0.25) is 5.91 Å². The Morgan fingerprint density at radius 3 is 2.88 bits per heavy atom. The van der Waals surface area contributed by atoms with Crippen LogP contribution in [-0.2, 0) is 9.53 Å². The summed E-state index contributed by atoms with van der Waals surface area (Å²) < 4.78 is 23.9. The van der Waals surface area contributed by atoms with E-state index >= 15 is 0 Å². The summed E-state index contributed by atoms with van der Waals surface area (Å²) in [6.07, 6.45) is 0.791. The number of urea groups is 1. The number of piperidine rings is 1. The van der Waals surface area contributed by atoms with Crippen LogP contribution in [0.4, 0.5) is 14.9 Å². The number of rotatable bonds is 6. The van der Waals surface area contributed by atoms with E-state index in [9.17, 15) is 14.0 Å². The van der Waals surface area contributed by atoms with Crippen molar-refractivity contribution >= 4 is 17.6 Å². The third kappa shape index (κ3) is 4.82. The molecular weight excluding hydrogens is 317 g/mol. The van der Waals surface area contributed by atoms with E-state index in [1.54, 1.807) is 0 Å². The molecule has 3 N–H and O–H groups in total. The lowest BCUT2D eigenvalue weighted by molar-refractivity contribution is -0.125. The second-order valence-electron chi connectivity index (χ2n) is 5.62. The van der Waals surface area contributed by atoms with Crippen LogP contribution >= 0.6 is 0 Å². The van der Waals surface area contributed by atoms with Gasteiger partial charge in [-0.3, -0.25) is 4.79 Å². The van der Waals surface area contributed by atoms with Gasteiger partial charge in [0.25, 0.3) is 0 Å². The minimum atomic E-state index is -0.597. The van der Waals surface area contributed by atoms with Crippen molar-refractivity contribution in [1.29, 1.82) is 0 Å². The second kappa shape index (κ2) is 8.49. The number of methoxy groups -OCH3 is 1. The molecule has 1 fully saturated rings. The first-order valence-electron chi connectivity index (χ1n) is 7.77. The Bertz CT molecular complexity index is 597. The lowest BCUT2D eigenvalue weighted by atomic mass is 9.94. The molecule has 3 amide bonds. The maximum absolute atomic E-state index is 13.9. The molecule has 1 saturated heterocycles.